The molecule has 0 radical (unpaired) electrons. The Bertz CT molecular complexity index is 714. The topological polar surface area (TPSA) is 33.4 Å². The van der Waals surface area contributed by atoms with E-state index in [-0.39, 0.29) is 0 Å². The van der Waals surface area contributed by atoms with Gasteiger partial charge in [-0.2, -0.15) is 0 Å². The Kier molecular flexibility index (Phi) is 4.29. The van der Waals surface area contributed by atoms with Crippen molar-refractivity contribution in [3.63, 3.8) is 0 Å². The maximum absolute atomic E-state index is 10.4. The standard InChI is InChI=1S/C17H12Br2O2/c18-14-10-15(21-17(14)19)16(20)13-8-6-12(7-9-13)11-4-2-1-3-5-11/h1-10,16,20H. The summed E-state index contributed by atoms with van der Waals surface area (Å²) in [7, 11) is 0. The van der Waals surface area contributed by atoms with Crippen LogP contribution in [0.2, 0.25) is 0 Å². The number of halogens is 2. The molecule has 1 unspecified atom stereocenters. The molecule has 1 N–H and O–H groups in total. The minimum absolute atomic E-state index is 0.501. The summed E-state index contributed by atoms with van der Waals surface area (Å²) in [5.41, 5.74) is 3.07. The maximum Gasteiger partial charge on any atom is 0.183 e. The summed E-state index contributed by atoms with van der Waals surface area (Å²) in [6.45, 7) is 0. The van der Waals surface area contributed by atoms with Crippen molar-refractivity contribution in [3.8, 4) is 11.1 Å². The molecule has 0 aliphatic rings. The largest absolute Gasteiger partial charge is 0.450 e. The third-order valence-corrected chi connectivity index (χ3v) is 4.98. The molecule has 1 heterocycles. The van der Waals surface area contributed by atoms with E-state index in [0.29, 0.717) is 10.4 Å². The summed E-state index contributed by atoms with van der Waals surface area (Å²) in [6.07, 6.45) is -0.780. The van der Waals surface area contributed by atoms with Gasteiger partial charge in [-0.3, -0.25) is 0 Å². The van der Waals surface area contributed by atoms with Gasteiger partial charge in [0.05, 0.1) is 4.47 Å². The van der Waals surface area contributed by atoms with Crippen LogP contribution in [0.3, 0.4) is 0 Å². The lowest BCUT2D eigenvalue weighted by atomic mass is 10.0. The summed E-state index contributed by atoms with van der Waals surface area (Å²) in [4.78, 5) is 0. The van der Waals surface area contributed by atoms with E-state index in [9.17, 15) is 5.11 Å². The van der Waals surface area contributed by atoms with Crippen LogP contribution in [-0.4, -0.2) is 5.11 Å². The molecule has 0 saturated heterocycles. The number of aliphatic hydroxyl groups is 1. The quantitative estimate of drug-likeness (QED) is 0.617. The van der Waals surface area contributed by atoms with Crippen molar-refractivity contribution in [2.45, 2.75) is 6.10 Å². The zero-order valence-electron chi connectivity index (χ0n) is 11.0. The fourth-order valence-corrected chi connectivity index (χ4v) is 2.76. The summed E-state index contributed by atoms with van der Waals surface area (Å²) in [6, 6.07) is 19.7. The molecular weight excluding hydrogens is 396 g/mol. The number of hydrogen-bond acceptors (Lipinski definition) is 2. The first-order chi connectivity index (χ1) is 10.1. The highest BCUT2D eigenvalue weighted by Crippen LogP contribution is 2.33. The normalized spacial score (nSPS) is 12.3. The van der Waals surface area contributed by atoms with Crippen molar-refractivity contribution in [3.05, 3.63) is 81.1 Å². The number of furan rings is 1. The molecule has 106 valence electrons. The highest BCUT2D eigenvalue weighted by molar-refractivity contribution is 9.13. The van der Waals surface area contributed by atoms with Crippen LogP contribution in [0, 0.1) is 0 Å². The van der Waals surface area contributed by atoms with Gasteiger partial charge < -0.3 is 9.52 Å². The van der Waals surface area contributed by atoms with Gasteiger partial charge in [0.1, 0.15) is 11.9 Å². The Morgan fingerprint density at radius 1 is 0.857 bits per heavy atom. The first-order valence-corrected chi connectivity index (χ1v) is 8.02. The molecular formula is C17H12Br2O2. The van der Waals surface area contributed by atoms with Crippen molar-refractivity contribution in [1.29, 1.82) is 0 Å². The van der Waals surface area contributed by atoms with Crippen molar-refractivity contribution >= 4 is 31.9 Å². The van der Waals surface area contributed by atoms with Crippen LogP contribution in [0.15, 0.2) is 74.2 Å². The zero-order chi connectivity index (χ0) is 14.8. The highest BCUT2D eigenvalue weighted by atomic mass is 79.9. The summed E-state index contributed by atoms with van der Waals surface area (Å²) in [5.74, 6) is 0.501. The molecule has 21 heavy (non-hydrogen) atoms. The van der Waals surface area contributed by atoms with E-state index in [1.165, 1.54) is 0 Å². The van der Waals surface area contributed by atoms with Crippen LogP contribution >= 0.6 is 31.9 Å². The zero-order valence-corrected chi connectivity index (χ0v) is 14.1. The van der Waals surface area contributed by atoms with Crippen molar-refractivity contribution in [1.82, 2.24) is 0 Å². The first kappa shape index (κ1) is 14.6. The smallest absolute Gasteiger partial charge is 0.183 e. The second-order valence-electron chi connectivity index (χ2n) is 4.66. The highest BCUT2D eigenvalue weighted by Gasteiger charge is 2.16. The lowest BCUT2D eigenvalue weighted by molar-refractivity contribution is 0.187. The molecule has 3 rings (SSSR count). The molecule has 1 atom stereocenters. The predicted molar refractivity (Wildman–Crippen MR) is 90.0 cm³/mol. The van der Waals surface area contributed by atoms with Gasteiger partial charge in [-0.25, -0.2) is 0 Å². The molecule has 2 aromatic carbocycles. The molecule has 3 aromatic rings. The predicted octanol–water partition coefficient (Wildman–Crippen LogP) is 5.55. The van der Waals surface area contributed by atoms with Crippen LogP contribution in [0.25, 0.3) is 11.1 Å². The molecule has 2 nitrogen and oxygen atoms in total. The van der Waals surface area contributed by atoms with Gasteiger partial charge in [-0.1, -0.05) is 54.6 Å². The SMILES string of the molecule is OC(c1ccc(-c2ccccc2)cc1)c1cc(Br)c(Br)o1. The van der Waals surface area contributed by atoms with Crippen molar-refractivity contribution in [2.75, 3.05) is 0 Å². The third kappa shape index (κ3) is 3.12. The van der Waals surface area contributed by atoms with E-state index in [1.807, 2.05) is 42.5 Å². The van der Waals surface area contributed by atoms with E-state index in [2.05, 4.69) is 44.0 Å². The van der Waals surface area contributed by atoms with Crippen molar-refractivity contribution < 1.29 is 9.52 Å². The van der Waals surface area contributed by atoms with E-state index >= 15 is 0 Å². The van der Waals surface area contributed by atoms with E-state index < -0.39 is 6.10 Å². The van der Waals surface area contributed by atoms with Crippen LogP contribution < -0.4 is 0 Å². The summed E-state index contributed by atoms with van der Waals surface area (Å²) >= 11 is 6.62. The van der Waals surface area contributed by atoms with Crippen LogP contribution in [0.4, 0.5) is 0 Å². The van der Waals surface area contributed by atoms with E-state index in [4.69, 9.17) is 4.42 Å². The van der Waals surface area contributed by atoms with Crippen LogP contribution in [0.1, 0.15) is 17.4 Å². The molecule has 0 fully saturated rings. The van der Waals surface area contributed by atoms with Gasteiger partial charge in [0, 0.05) is 0 Å². The number of rotatable bonds is 3. The second kappa shape index (κ2) is 6.18. The average molecular weight is 408 g/mol. The number of hydrogen-bond donors (Lipinski definition) is 1. The van der Waals surface area contributed by atoms with E-state index in [0.717, 1.165) is 21.2 Å². The molecule has 0 amide bonds. The molecule has 0 saturated carbocycles. The van der Waals surface area contributed by atoms with Gasteiger partial charge in [-0.15, -0.1) is 0 Å². The minimum atomic E-state index is -0.780. The van der Waals surface area contributed by atoms with Gasteiger partial charge in [0.15, 0.2) is 4.67 Å². The maximum atomic E-state index is 10.4. The minimum Gasteiger partial charge on any atom is -0.450 e. The Labute approximate surface area is 139 Å². The molecule has 0 aliphatic heterocycles. The molecule has 0 bridgehead atoms. The van der Waals surface area contributed by atoms with Crippen LogP contribution in [-0.2, 0) is 0 Å². The Balaban J connectivity index is 1.87. The molecule has 1 aromatic heterocycles. The average Bonchev–Trinajstić information content (AvgIpc) is 2.87. The van der Waals surface area contributed by atoms with Gasteiger partial charge in [0.25, 0.3) is 0 Å². The van der Waals surface area contributed by atoms with Gasteiger partial charge >= 0.3 is 0 Å². The van der Waals surface area contributed by atoms with Gasteiger partial charge in [-0.05, 0) is 54.6 Å². The van der Waals surface area contributed by atoms with Crippen LogP contribution in [0.5, 0.6) is 0 Å². The summed E-state index contributed by atoms with van der Waals surface area (Å²) < 4.78 is 6.84. The lowest BCUT2D eigenvalue weighted by Crippen LogP contribution is -1.97. The first-order valence-electron chi connectivity index (χ1n) is 6.43. The lowest BCUT2D eigenvalue weighted by Gasteiger charge is -2.09. The molecule has 4 heteroatoms. The Morgan fingerprint density at radius 2 is 1.48 bits per heavy atom. The monoisotopic (exact) mass is 406 g/mol. The summed E-state index contributed by atoms with van der Waals surface area (Å²) in [5, 5.41) is 10.4. The number of benzene rings is 2. The fraction of sp³-hybridized carbons (Fsp3) is 0.0588. The van der Waals surface area contributed by atoms with Crippen molar-refractivity contribution in [2.24, 2.45) is 0 Å². The molecule has 0 aliphatic carbocycles. The molecule has 0 spiro atoms. The third-order valence-electron chi connectivity index (χ3n) is 3.27. The van der Waals surface area contributed by atoms with Gasteiger partial charge in [0.2, 0.25) is 0 Å². The van der Waals surface area contributed by atoms with E-state index in [1.54, 1.807) is 6.07 Å². The Morgan fingerprint density at radius 3 is 2.05 bits per heavy atom. The number of aliphatic hydroxyl groups excluding tert-OH is 1. The Hall–Kier alpha value is -1.36. The fourth-order valence-electron chi connectivity index (χ4n) is 2.15. The second-order valence-corrected chi connectivity index (χ2v) is 6.24.